The number of halogens is 1. The van der Waals surface area contributed by atoms with E-state index in [2.05, 4.69) is 71.3 Å². The summed E-state index contributed by atoms with van der Waals surface area (Å²) >= 11 is 3.52. The minimum absolute atomic E-state index is 0.387. The maximum atomic E-state index is 5.35. The zero-order valence-electron chi connectivity index (χ0n) is 13.0. The molecule has 0 saturated carbocycles. The molecule has 114 valence electrons. The van der Waals surface area contributed by atoms with Crippen LogP contribution in [0.1, 0.15) is 19.4 Å². The molecule has 1 aromatic rings. The number of hydrogen-bond donors (Lipinski definition) is 1. The van der Waals surface area contributed by atoms with Gasteiger partial charge in [-0.3, -0.25) is 4.90 Å². The van der Waals surface area contributed by atoms with Gasteiger partial charge in [-0.1, -0.05) is 41.9 Å². The molecule has 0 amide bonds. The van der Waals surface area contributed by atoms with E-state index in [-0.39, 0.29) is 0 Å². The van der Waals surface area contributed by atoms with Gasteiger partial charge in [0.25, 0.3) is 0 Å². The molecule has 0 aromatic heterocycles. The molecule has 0 saturated heterocycles. The van der Waals surface area contributed by atoms with E-state index in [1.807, 2.05) is 0 Å². The minimum Gasteiger partial charge on any atom is -0.383 e. The molecule has 0 spiro atoms. The number of nitrogens with zero attached hydrogens (tertiary/aromatic N) is 1. The van der Waals surface area contributed by atoms with Gasteiger partial charge in [-0.25, -0.2) is 0 Å². The Morgan fingerprint density at radius 3 is 2.65 bits per heavy atom. The smallest absolute Gasteiger partial charge is 0.0630 e. The molecule has 1 unspecified atom stereocenters. The molecular formula is C16H27BrN2O. The van der Waals surface area contributed by atoms with Crippen molar-refractivity contribution < 1.29 is 4.74 Å². The van der Waals surface area contributed by atoms with Crippen LogP contribution in [-0.4, -0.2) is 44.8 Å². The van der Waals surface area contributed by atoms with E-state index in [9.17, 15) is 0 Å². The van der Waals surface area contributed by atoms with E-state index in [1.165, 1.54) is 5.56 Å². The van der Waals surface area contributed by atoms with Crippen molar-refractivity contribution in [1.29, 1.82) is 0 Å². The van der Waals surface area contributed by atoms with Crippen LogP contribution in [-0.2, 0) is 11.3 Å². The third-order valence-electron chi connectivity index (χ3n) is 3.24. The van der Waals surface area contributed by atoms with E-state index in [0.29, 0.717) is 12.0 Å². The third-order valence-corrected chi connectivity index (χ3v) is 3.73. The van der Waals surface area contributed by atoms with Crippen LogP contribution in [0.15, 0.2) is 28.7 Å². The van der Waals surface area contributed by atoms with Crippen LogP contribution in [0.25, 0.3) is 0 Å². The van der Waals surface area contributed by atoms with Crippen LogP contribution >= 0.6 is 15.9 Å². The van der Waals surface area contributed by atoms with Gasteiger partial charge in [0, 0.05) is 30.7 Å². The molecular weight excluding hydrogens is 316 g/mol. The van der Waals surface area contributed by atoms with E-state index < -0.39 is 0 Å². The zero-order valence-corrected chi connectivity index (χ0v) is 14.6. The summed E-state index contributed by atoms with van der Waals surface area (Å²) in [4.78, 5) is 2.35. The van der Waals surface area contributed by atoms with Crippen molar-refractivity contribution in [2.45, 2.75) is 26.4 Å². The Labute approximate surface area is 131 Å². The SMILES string of the molecule is COCC(CNCC(C)C)N(C)Cc1cccc(Br)c1. The first-order valence-corrected chi connectivity index (χ1v) is 7.96. The predicted octanol–water partition coefficient (Wildman–Crippen LogP) is 3.14. The fourth-order valence-electron chi connectivity index (χ4n) is 2.13. The molecule has 0 aliphatic carbocycles. The Morgan fingerprint density at radius 1 is 1.30 bits per heavy atom. The van der Waals surface area contributed by atoms with Crippen molar-refractivity contribution in [3.8, 4) is 0 Å². The maximum Gasteiger partial charge on any atom is 0.0630 e. The summed E-state index contributed by atoms with van der Waals surface area (Å²) < 4.78 is 6.48. The Balaban J connectivity index is 2.52. The van der Waals surface area contributed by atoms with E-state index >= 15 is 0 Å². The van der Waals surface area contributed by atoms with Crippen molar-refractivity contribution in [2.24, 2.45) is 5.92 Å². The number of benzene rings is 1. The van der Waals surface area contributed by atoms with Gasteiger partial charge in [0.2, 0.25) is 0 Å². The number of hydrogen-bond acceptors (Lipinski definition) is 3. The van der Waals surface area contributed by atoms with Gasteiger partial charge in [-0.2, -0.15) is 0 Å². The Kier molecular flexibility index (Phi) is 8.38. The first-order valence-electron chi connectivity index (χ1n) is 7.17. The molecule has 4 heteroatoms. The largest absolute Gasteiger partial charge is 0.383 e. The van der Waals surface area contributed by atoms with Gasteiger partial charge in [0.05, 0.1) is 6.61 Å². The van der Waals surface area contributed by atoms with Gasteiger partial charge in [-0.15, -0.1) is 0 Å². The first-order chi connectivity index (χ1) is 9.52. The quantitative estimate of drug-likeness (QED) is 0.746. The number of likely N-dealkylation sites (N-methyl/N-ethyl adjacent to an activating group) is 1. The second-order valence-corrected chi connectivity index (χ2v) is 6.62. The van der Waals surface area contributed by atoms with Crippen molar-refractivity contribution in [3.05, 3.63) is 34.3 Å². The average molecular weight is 343 g/mol. The van der Waals surface area contributed by atoms with Crippen molar-refractivity contribution >= 4 is 15.9 Å². The third kappa shape index (κ3) is 6.84. The number of rotatable bonds is 9. The number of methoxy groups -OCH3 is 1. The average Bonchev–Trinajstić information content (AvgIpc) is 2.37. The van der Waals surface area contributed by atoms with Crippen LogP contribution < -0.4 is 5.32 Å². The van der Waals surface area contributed by atoms with Crippen LogP contribution in [0.2, 0.25) is 0 Å². The van der Waals surface area contributed by atoms with Gasteiger partial charge < -0.3 is 10.1 Å². The lowest BCUT2D eigenvalue weighted by molar-refractivity contribution is 0.101. The van der Waals surface area contributed by atoms with E-state index in [0.717, 1.165) is 30.7 Å². The van der Waals surface area contributed by atoms with Gasteiger partial charge in [0.15, 0.2) is 0 Å². The molecule has 0 bridgehead atoms. The number of nitrogens with one attached hydrogen (secondary N) is 1. The second-order valence-electron chi connectivity index (χ2n) is 5.71. The van der Waals surface area contributed by atoms with Gasteiger partial charge in [0.1, 0.15) is 0 Å². The second kappa shape index (κ2) is 9.50. The minimum atomic E-state index is 0.387. The van der Waals surface area contributed by atoms with Gasteiger partial charge >= 0.3 is 0 Å². The number of ether oxygens (including phenoxy) is 1. The molecule has 0 fully saturated rings. The summed E-state index contributed by atoms with van der Waals surface area (Å²) in [7, 11) is 3.92. The van der Waals surface area contributed by atoms with E-state index in [1.54, 1.807) is 7.11 Å². The molecule has 0 aliphatic rings. The summed E-state index contributed by atoms with van der Waals surface area (Å²) in [6, 6.07) is 8.85. The molecule has 3 nitrogen and oxygen atoms in total. The Hall–Kier alpha value is -0.420. The molecule has 0 radical (unpaired) electrons. The van der Waals surface area contributed by atoms with Crippen molar-refractivity contribution in [3.63, 3.8) is 0 Å². The highest BCUT2D eigenvalue weighted by molar-refractivity contribution is 9.10. The molecule has 1 N–H and O–H groups in total. The predicted molar refractivity (Wildman–Crippen MR) is 89.0 cm³/mol. The van der Waals surface area contributed by atoms with E-state index in [4.69, 9.17) is 4.74 Å². The Bertz CT molecular complexity index is 384. The van der Waals surface area contributed by atoms with Crippen LogP contribution in [0.3, 0.4) is 0 Å². The fourth-order valence-corrected chi connectivity index (χ4v) is 2.57. The lowest BCUT2D eigenvalue weighted by Gasteiger charge is -2.28. The topological polar surface area (TPSA) is 24.5 Å². The maximum absolute atomic E-state index is 5.35. The summed E-state index contributed by atoms with van der Waals surface area (Å²) in [5.74, 6) is 0.675. The van der Waals surface area contributed by atoms with Crippen LogP contribution in [0, 0.1) is 5.92 Å². The van der Waals surface area contributed by atoms with Crippen molar-refractivity contribution in [2.75, 3.05) is 33.9 Å². The Morgan fingerprint density at radius 2 is 2.05 bits per heavy atom. The molecule has 0 heterocycles. The fraction of sp³-hybridized carbons (Fsp3) is 0.625. The highest BCUT2D eigenvalue weighted by Gasteiger charge is 2.14. The normalized spacial score (nSPS) is 13.2. The van der Waals surface area contributed by atoms with Crippen LogP contribution in [0.4, 0.5) is 0 Å². The highest BCUT2D eigenvalue weighted by atomic mass is 79.9. The molecule has 20 heavy (non-hydrogen) atoms. The molecule has 1 aromatic carbocycles. The lowest BCUT2D eigenvalue weighted by atomic mass is 10.1. The molecule has 1 rings (SSSR count). The standard InChI is InChI=1S/C16H27BrN2O/c1-13(2)9-18-10-16(12-20-4)19(3)11-14-6-5-7-15(17)8-14/h5-8,13,16,18H,9-12H2,1-4H3. The van der Waals surface area contributed by atoms with Crippen molar-refractivity contribution in [1.82, 2.24) is 10.2 Å². The summed E-state index contributed by atoms with van der Waals surface area (Å²) in [6.07, 6.45) is 0. The molecule has 0 aliphatic heterocycles. The zero-order chi connectivity index (χ0) is 15.0. The van der Waals surface area contributed by atoms with Crippen LogP contribution in [0.5, 0.6) is 0 Å². The summed E-state index contributed by atoms with van der Waals surface area (Å²) in [6.45, 7) is 8.13. The lowest BCUT2D eigenvalue weighted by Crippen LogP contribution is -2.43. The monoisotopic (exact) mass is 342 g/mol. The first kappa shape index (κ1) is 17.6. The van der Waals surface area contributed by atoms with Gasteiger partial charge in [-0.05, 0) is 37.2 Å². The summed E-state index contributed by atoms with van der Waals surface area (Å²) in [5.41, 5.74) is 1.31. The molecule has 1 atom stereocenters. The summed E-state index contributed by atoms with van der Waals surface area (Å²) in [5, 5.41) is 3.52. The highest BCUT2D eigenvalue weighted by Crippen LogP contribution is 2.14.